The van der Waals surface area contributed by atoms with Crippen LogP contribution in [0.15, 0.2) is 59.0 Å². The number of amides is 1. The van der Waals surface area contributed by atoms with E-state index in [1.54, 1.807) is 49.4 Å². The second-order valence-electron chi connectivity index (χ2n) is 7.64. The minimum atomic E-state index is -3.93. The van der Waals surface area contributed by atoms with Crippen LogP contribution in [0.2, 0.25) is 5.02 Å². The first kappa shape index (κ1) is 22.4. The summed E-state index contributed by atoms with van der Waals surface area (Å²) in [6.45, 7) is 3.83. The fraction of sp³-hybridized carbons (Fsp3) is 0.348. The lowest BCUT2D eigenvalue weighted by atomic mass is 10.00. The molecule has 30 heavy (non-hydrogen) atoms. The third kappa shape index (κ3) is 5.43. The van der Waals surface area contributed by atoms with E-state index >= 15 is 0 Å². The van der Waals surface area contributed by atoms with Gasteiger partial charge in [-0.3, -0.25) is 9.10 Å². The Bertz CT molecular complexity index is 1050. The minimum Gasteiger partial charge on any atom is -0.351 e. The van der Waals surface area contributed by atoms with Crippen LogP contribution in [0, 0.1) is 13.8 Å². The molecule has 0 bridgehead atoms. The summed E-state index contributed by atoms with van der Waals surface area (Å²) in [5, 5.41) is 3.39. The van der Waals surface area contributed by atoms with Gasteiger partial charge in [-0.25, -0.2) is 8.42 Å². The topological polar surface area (TPSA) is 66.5 Å². The summed E-state index contributed by atoms with van der Waals surface area (Å²) in [5.74, 6) is -0.341. The van der Waals surface area contributed by atoms with Gasteiger partial charge in [-0.1, -0.05) is 40.9 Å². The van der Waals surface area contributed by atoms with E-state index in [1.165, 1.54) is 12.0 Å². The molecule has 7 heteroatoms. The molecule has 0 saturated carbocycles. The number of nitrogens with one attached hydrogen (secondary N) is 1. The maximum Gasteiger partial charge on any atom is 0.264 e. The number of aryl methyl sites for hydroxylation is 2. The van der Waals surface area contributed by atoms with Crippen LogP contribution >= 0.6 is 11.6 Å². The molecule has 1 amide bonds. The second-order valence-corrected chi connectivity index (χ2v) is 9.94. The molecule has 0 radical (unpaired) electrons. The number of anilines is 1. The van der Waals surface area contributed by atoms with Gasteiger partial charge in [0, 0.05) is 11.6 Å². The highest BCUT2D eigenvalue weighted by Gasteiger charge is 2.28. The van der Waals surface area contributed by atoms with Crippen molar-refractivity contribution in [1.29, 1.82) is 0 Å². The van der Waals surface area contributed by atoms with E-state index in [9.17, 15) is 13.2 Å². The first-order chi connectivity index (χ1) is 14.3. The van der Waals surface area contributed by atoms with Gasteiger partial charge >= 0.3 is 0 Å². The molecule has 5 nitrogen and oxygen atoms in total. The fourth-order valence-electron chi connectivity index (χ4n) is 3.50. The molecule has 0 unspecified atom stereocenters. The van der Waals surface area contributed by atoms with Crippen molar-refractivity contribution >= 4 is 33.2 Å². The Morgan fingerprint density at radius 1 is 1.10 bits per heavy atom. The lowest BCUT2D eigenvalue weighted by Gasteiger charge is -2.26. The van der Waals surface area contributed by atoms with Gasteiger partial charge in [0.05, 0.1) is 10.6 Å². The van der Waals surface area contributed by atoms with Gasteiger partial charge in [-0.05, 0) is 75.4 Å². The summed E-state index contributed by atoms with van der Waals surface area (Å²) in [5.41, 5.74) is 3.28. The van der Waals surface area contributed by atoms with Crippen molar-refractivity contribution in [2.75, 3.05) is 17.4 Å². The molecule has 2 aromatic rings. The molecular weight excluding hydrogens is 420 g/mol. The second kappa shape index (κ2) is 9.67. The van der Waals surface area contributed by atoms with Crippen LogP contribution in [0.1, 0.15) is 36.8 Å². The van der Waals surface area contributed by atoms with Crippen LogP contribution in [-0.2, 0) is 14.8 Å². The molecule has 160 valence electrons. The lowest BCUT2D eigenvalue weighted by molar-refractivity contribution is -0.119. The number of carbonyl (C=O) groups excluding carboxylic acids is 1. The summed E-state index contributed by atoms with van der Waals surface area (Å²) in [6, 6.07) is 11.6. The Hall–Kier alpha value is -2.31. The Morgan fingerprint density at radius 2 is 1.83 bits per heavy atom. The van der Waals surface area contributed by atoms with Crippen LogP contribution in [0.25, 0.3) is 0 Å². The van der Waals surface area contributed by atoms with Crippen molar-refractivity contribution in [3.8, 4) is 0 Å². The number of nitrogens with zero attached hydrogens (tertiary/aromatic N) is 1. The van der Waals surface area contributed by atoms with Crippen molar-refractivity contribution in [1.82, 2.24) is 5.32 Å². The molecule has 0 atom stereocenters. The highest BCUT2D eigenvalue weighted by molar-refractivity contribution is 7.92. The normalized spacial score (nSPS) is 14.2. The maximum atomic E-state index is 13.4. The average Bonchev–Trinajstić information content (AvgIpc) is 2.72. The highest BCUT2D eigenvalue weighted by Crippen LogP contribution is 2.29. The van der Waals surface area contributed by atoms with E-state index < -0.39 is 10.0 Å². The lowest BCUT2D eigenvalue weighted by Crippen LogP contribution is -2.41. The monoisotopic (exact) mass is 446 g/mol. The molecule has 0 aromatic heterocycles. The number of hydrogen-bond donors (Lipinski definition) is 1. The van der Waals surface area contributed by atoms with Crippen LogP contribution in [0.4, 0.5) is 5.69 Å². The first-order valence-corrected chi connectivity index (χ1v) is 11.9. The molecule has 0 spiro atoms. The van der Waals surface area contributed by atoms with Crippen LogP contribution in [0.5, 0.6) is 0 Å². The highest BCUT2D eigenvalue weighted by atomic mass is 35.5. The number of allylic oxidation sites excluding steroid dienone is 1. The summed E-state index contributed by atoms with van der Waals surface area (Å²) in [4.78, 5) is 12.9. The number of hydrogen-bond acceptors (Lipinski definition) is 3. The largest absolute Gasteiger partial charge is 0.351 e. The Balaban J connectivity index is 1.88. The van der Waals surface area contributed by atoms with E-state index in [2.05, 4.69) is 11.4 Å². The van der Waals surface area contributed by atoms with Gasteiger partial charge in [-0.2, -0.15) is 0 Å². The summed E-state index contributed by atoms with van der Waals surface area (Å²) < 4.78 is 28.0. The molecule has 0 heterocycles. The SMILES string of the molecule is Cc1ccc(S(=O)(=O)N(CC(=O)NCC2=CCCCC2)c2ccc(Cl)cc2C)cc1. The number of benzene rings is 2. The quantitative estimate of drug-likeness (QED) is 0.623. The third-order valence-electron chi connectivity index (χ3n) is 5.22. The third-order valence-corrected chi connectivity index (χ3v) is 7.23. The van der Waals surface area contributed by atoms with Gasteiger partial charge in [0.1, 0.15) is 6.54 Å². The van der Waals surface area contributed by atoms with Crippen molar-refractivity contribution in [2.24, 2.45) is 0 Å². The van der Waals surface area contributed by atoms with Gasteiger partial charge in [0.2, 0.25) is 5.91 Å². The average molecular weight is 447 g/mol. The van der Waals surface area contributed by atoms with Crippen LogP contribution < -0.4 is 9.62 Å². The number of halogens is 1. The van der Waals surface area contributed by atoms with E-state index in [4.69, 9.17) is 11.6 Å². The predicted octanol–water partition coefficient (Wildman–Crippen LogP) is 4.77. The van der Waals surface area contributed by atoms with Crippen molar-refractivity contribution in [3.05, 3.63) is 70.3 Å². The summed E-state index contributed by atoms with van der Waals surface area (Å²) >= 11 is 6.06. The maximum absolute atomic E-state index is 13.4. The molecule has 1 aliphatic carbocycles. The number of carbonyl (C=O) groups is 1. The Labute approximate surface area is 183 Å². The number of sulfonamides is 1. The van der Waals surface area contributed by atoms with Crippen molar-refractivity contribution < 1.29 is 13.2 Å². The molecule has 1 N–H and O–H groups in total. The van der Waals surface area contributed by atoms with Crippen LogP contribution in [0.3, 0.4) is 0 Å². The molecule has 3 rings (SSSR count). The molecule has 0 aliphatic heterocycles. The smallest absolute Gasteiger partial charge is 0.264 e. The molecule has 0 fully saturated rings. The van der Waals surface area contributed by atoms with Gasteiger partial charge in [0.15, 0.2) is 0 Å². The molecule has 2 aromatic carbocycles. The standard InChI is InChI=1S/C23H27ClN2O3S/c1-17-8-11-21(12-9-17)30(28,29)26(22-13-10-20(24)14-18(22)2)16-23(27)25-15-19-6-4-3-5-7-19/h6,8-14H,3-5,7,15-16H2,1-2H3,(H,25,27). The summed E-state index contributed by atoms with van der Waals surface area (Å²) in [7, 11) is -3.93. The predicted molar refractivity (Wildman–Crippen MR) is 121 cm³/mol. The van der Waals surface area contributed by atoms with Gasteiger partial charge < -0.3 is 5.32 Å². The van der Waals surface area contributed by atoms with Crippen molar-refractivity contribution in [3.63, 3.8) is 0 Å². The first-order valence-electron chi connectivity index (χ1n) is 10.1. The van der Waals surface area contributed by atoms with E-state index in [-0.39, 0.29) is 17.3 Å². The van der Waals surface area contributed by atoms with Crippen molar-refractivity contribution in [2.45, 2.75) is 44.4 Å². The Morgan fingerprint density at radius 3 is 2.47 bits per heavy atom. The van der Waals surface area contributed by atoms with E-state index in [0.717, 1.165) is 29.1 Å². The molecule has 1 aliphatic rings. The van der Waals surface area contributed by atoms with Gasteiger partial charge in [-0.15, -0.1) is 0 Å². The molecule has 0 saturated heterocycles. The minimum absolute atomic E-state index is 0.144. The zero-order valence-corrected chi connectivity index (χ0v) is 18.9. The van der Waals surface area contributed by atoms with Crippen LogP contribution in [-0.4, -0.2) is 27.4 Å². The van der Waals surface area contributed by atoms with E-state index in [0.29, 0.717) is 22.8 Å². The fourth-order valence-corrected chi connectivity index (χ4v) is 5.21. The summed E-state index contributed by atoms with van der Waals surface area (Å²) in [6.07, 6.45) is 6.47. The number of rotatable bonds is 7. The molecular formula is C23H27ClN2O3S. The zero-order chi connectivity index (χ0) is 21.7. The zero-order valence-electron chi connectivity index (χ0n) is 17.3. The van der Waals surface area contributed by atoms with Gasteiger partial charge in [0.25, 0.3) is 10.0 Å². The van der Waals surface area contributed by atoms with E-state index in [1.807, 2.05) is 6.92 Å². The Kier molecular flexibility index (Phi) is 7.21.